The van der Waals surface area contributed by atoms with E-state index in [4.69, 9.17) is 4.98 Å². The van der Waals surface area contributed by atoms with Crippen molar-refractivity contribution in [3.63, 3.8) is 0 Å². The first kappa shape index (κ1) is 14.3. The fourth-order valence-corrected chi connectivity index (χ4v) is 3.37. The largest absolute Gasteiger partial charge is 0.341 e. The van der Waals surface area contributed by atoms with Gasteiger partial charge in [-0.1, -0.05) is 6.42 Å². The monoisotopic (exact) mass is 310 g/mol. The van der Waals surface area contributed by atoms with Crippen molar-refractivity contribution in [3.05, 3.63) is 59.9 Å². The van der Waals surface area contributed by atoms with Crippen molar-refractivity contribution in [1.82, 2.24) is 19.9 Å². The molecule has 1 N–H and O–H groups in total. The number of imidazole rings is 1. The number of halogens is 1. The number of likely N-dealkylation sites (tertiary alicyclic amines) is 1. The predicted molar refractivity (Wildman–Crippen MR) is 87.3 cm³/mol. The lowest BCUT2D eigenvalue weighted by Crippen LogP contribution is -2.33. The highest BCUT2D eigenvalue weighted by Crippen LogP contribution is 2.31. The summed E-state index contributed by atoms with van der Waals surface area (Å²) in [6.07, 6.45) is 7.14. The molecule has 4 nitrogen and oxygen atoms in total. The van der Waals surface area contributed by atoms with Crippen molar-refractivity contribution in [2.24, 2.45) is 0 Å². The van der Waals surface area contributed by atoms with Crippen LogP contribution in [-0.2, 0) is 6.54 Å². The van der Waals surface area contributed by atoms with E-state index in [1.165, 1.54) is 30.5 Å². The van der Waals surface area contributed by atoms with Gasteiger partial charge < -0.3 is 4.98 Å². The summed E-state index contributed by atoms with van der Waals surface area (Å²) in [6.45, 7) is 1.94. The zero-order valence-electron chi connectivity index (χ0n) is 12.9. The Balaban J connectivity index is 1.63. The molecule has 1 aliphatic rings. The van der Waals surface area contributed by atoms with Crippen LogP contribution in [0.5, 0.6) is 0 Å². The van der Waals surface area contributed by atoms with E-state index in [1.54, 1.807) is 6.07 Å². The molecule has 1 aliphatic heterocycles. The molecule has 0 aliphatic carbocycles. The summed E-state index contributed by atoms with van der Waals surface area (Å²) in [4.78, 5) is 14.5. The lowest BCUT2D eigenvalue weighted by molar-refractivity contribution is 0.134. The van der Waals surface area contributed by atoms with Gasteiger partial charge in [-0.3, -0.25) is 9.88 Å². The SMILES string of the molecule is Fc1ccc2nc(C3CCCCN3Cc3ccncc3)[nH]c2c1. The molecule has 2 aromatic heterocycles. The van der Waals surface area contributed by atoms with Crippen LogP contribution in [0.15, 0.2) is 42.7 Å². The van der Waals surface area contributed by atoms with Gasteiger partial charge in [-0.25, -0.2) is 9.37 Å². The highest BCUT2D eigenvalue weighted by molar-refractivity contribution is 5.75. The molecule has 3 aromatic rings. The first-order valence-corrected chi connectivity index (χ1v) is 8.08. The molecule has 0 spiro atoms. The molecule has 0 radical (unpaired) electrons. The molecule has 1 fully saturated rings. The number of rotatable bonds is 3. The number of pyridine rings is 1. The van der Waals surface area contributed by atoms with Crippen LogP contribution in [0.3, 0.4) is 0 Å². The summed E-state index contributed by atoms with van der Waals surface area (Å²) >= 11 is 0. The number of nitrogens with zero attached hydrogens (tertiary/aromatic N) is 3. The Kier molecular flexibility index (Phi) is 3.79. The first-order chi connectivity index (χ1) is 11.3. The van der Waals surface area contributed by atoms with Gasteiger partial charge >= 0.3 is 0 Å². The number of piperidine rings is 1. The summed E-state index contributed by atoms with van der Waals surface area (Å²) in [7, 11) is 0. The van der Waals surface area contributed by atoms with E-state index in [0.29, 0.717) is 0 Å². The summed E-state index contributed by atoms with van der Waals surface area (Å²) in [5.41, 5.74) is 2.86. The number of hydrogen-bond acceptors (Lipinski definition) is 3. The average Bonchev–Trinajstić information content (AvgIpc) is 2.99. The van der Waals surface area contributed by atoms with Gasteiger partial charge in [0.15, 0.2) is 0 Å². The second-order valence-corrected chi connectivity index (χ2v) is 6.12. The van der Waals surface area contributed by atoms with Gasteiger partial charge in [-0.15, -0.1) is 0 Å². The van der Waals surface area contributed by atoms with Crippen molar-refractivity contribution >= 4 is 11.0 Å². The minimum absolute atomic E-state index is 0.231. The molecule has 0 amide bonds. The van der Waals surface area contributed by atoms with Crippen molar-refractivity contribution in [1.29, 1.82) is 0 Å². The van der Waals surface area contributed by atoms with Gasteiger partial charge in [-0.05, 0) is 55.3 Å². The Morgan fingerprint density at radius 1 is 1.17 bits per heavy atom. The molecule has 1 atom stereocenters. The number of fused-ring (bicyclic) bond motifs is 1. The number of aromatic nitrogens is 3. The van der Waals surface area contributed by atoms with E-state index in [0.717, 1.165) is 36.4 Å². The molecule has 1 unspecified atom stereocenters. The van der Waals surface area contributed by atoms with E-state index in [1.807, 2.05) is 12.4 Å². The smallest absolute Gasteiger partial charge is 0.125 e. The van der Waals surface area contributed by atoms with Crippen LogP contribution in [0.1, 0.15) is 36.7 Å². The molecule has 1 aromatic carbocycles. The van der Waals surface area contributed by atoms with Gasteiger partial charge in [-0.2, -0.15) is 0 Å². The zero-order chi connectivity index (χ0) is 15.6. The first-order valence-electron chi connectivity index (χ1n) is 8.08. The van der Waals surface area contributed by atoms with E-state index in [9.17, 15) is 4.39 Å². The normalized spacial score (nSPS) is 19.3. The molecular weight excluding hydrogens is 291 g/mol. The van der Waals surface area contributed by atoms with Crippen molar-refractivity contribution in [2.45, 2.75) is 31.8 Å². The number of benzene rings is 1. The van der Waals surface area contributed by atoms with Crippen LogP contribution in [0.4, 0.5) is 4.39 Å². The third-order valence-corrected chi connectivity index (χ3v) is 4.53. The summed E-state index contributed by atoms with van der Waals surface area (Å²) in [6, 6.07) is 9.08. The number of H-pyrrole nitrogens is 1. The second kappa shape index (κ2) is 6.08. The van der Waals surface area contributed by atoms with Crippen LogP contribution in [-0.4, -0.2) is 26.4 Å². The van der Waals surface area contributed by atoms with Crippen molar-refractivity contribution in [3.8, 4) is 0 Å². The molecule has 23 heavy (non-hydrogen) atoms. The Bertz CT molecular complexity index is 799. The minimum atomic E-state index is -0.231. The summed E-state index contributed by atoms with van der Waals surface area (Å²) in [5, 5.41) is 0. The zero-order valence-corrected chi connectivity index (χ0v) is 12.9. The number of aromatic amines is 1. The van der Waals surface area contributed by atoms with E-state index in [-0.39, 0.29) is 11.9 Å². The molecule has 5 heteroatoms. The van der Waals surface area contributed by atoms with Gasteiger partial charge in [0, 0.05) is 18.9 Å². The van der Waals surface area contributed by atoms with Crippen LogP contribution in [0, 0.1) is 5.82 Å². The Morgan fingerprint density at radius 3 is 2.91 bits per heavy atom. The van der Waals surface area contributed by atoms with E-state index in [2.05, 4.69) is 27.0 Å². The standard InChI is InChI=1S/C18H19FN4/c19-14-4-5-15-16(11-14)22-18(21-15)17-3-1-2-10-23(17)12-13-6-8-20-9-7-13/h4-9,11,17H,1-3,10,12H2,(H,21,22). The Labute approximate surface area is 134 Å². The maximum Gasteiger partial charge on any atom is 0.125 e. The minimum Gasteiger partial charge on any atom is -0.341 e. The van der Waals surface area contributed by atoms with Crippen molar-refractivity contribution < 1.29 is 4.39 Å². The van der Waals surface area contributed by atoms with Gasteiger partial charge in [0.2, 0.25) is 0 Å². The van der Waals surface area contributed by atoms with Crippen LogP contribution >= 0.6 is 0 Å². The molecule has 3 heterocycles. The topological polar surface area (TPSA) is 44.8 Å². The molecular formula is C18H19FN4. The summed E-state index contributed by atoms with van der Waals surface area (Å²) < 4.78 is 13.4. The lowest BCUT2D eigenvalue weighted by atomic mass is 10.0. The van der Waals surface area contributed by atoms with Crippen molar-refractivity contribution in [2.75, 3.05) is 6.54 Å². The number of nitrogens with one attached hydrogen (secondary N) is 1. The molecule has 118 valence electrons. The maximum absolute atomic E-state index is 13.4. The molecule has 1 saturated heterocycles. The van der Waals surface area contributed by atoms with Gasteiger partial charge in [0.1, 0.15) is 11.6 Å². The van der Waals surface area contributed by atoms with E-state index < -0.39 is 0 Å². The predicted octanol–water partition coefficient (Wildman–Crippen LogP) is 3.82. The van der Waals surface area contributed by atoms with Gasteiger partial charge in [0.25, 0.3) is 0 Å². The van der Waals surface area contributed by atoms with Gasteiger partial charge in [0.05, 0.1) is 17.1 Å². The summed E-state index contributed by atoms with van der Waals surface area (Å²) in [5.74, 6) is 0.712. The Hall–Kier alpha value is -2.27. The third-order valence-electron chi connectivity index (χ3n) is 4.53. The highest BCUT2D eigenvalue weighted by atomic mass is 19.1. The average molecular weight is 310 g/mol. The third kappa shape index (κ3) is 2.97. The fraction of sp³-hybridized carbons (Fsp3) is 0.333. The molecule has 0 saturated carbocycles. The van der Waals surface area contributed by atoms with Crippen LogP contribution in [0.2, 0.25) is 0 Å². The quantitative estimate of drug-likeness (QED) is 0.800. The number of hydrogen-bond donors (Lipinski definition) is 1. The van der Waals surface area contributed by atoms with Crippen LogP contribution in [0.25, 0.3) is 11.0 Å². The highest BCUT2D eigenvalue weighted by Gasteiger charge is 2.26. The molecule has 0 bridgehead atoms. The maximum atomic E-state index is 13.4. The lowest BCUT2D eigenvalue weighted by Gasteiger charge is -2.34. The van der Waals surface area contributed by atoms with Crippen LogP contribution < -0.4 is 0 Å². The second-order valence-electron chi connectivity index (χ2n) is 6.12. The Morgan fingerprint density at radius 2 is 2.04 bits per heavy atom. The fourth-order valence-electron chi connectivity index (χ4n) is 3.37. The molecule has 4 rings (SSSR count). The van der Waals surface area contributed by atoms with E-state index >= 15 is 0 Å².